The molecule has 34 heavy (non-hydrogen) atoms. The SMILES string of the molecule is CCCCCCCC/C=C/CCCCCCOC(=O)CCCCCCCCCCCCCCC. The van der Waals surface area contributed by atoms with Gasteiger partial charge in [-0.05, 0) is 38.5 Å². The molecule has 0 aromatic rings. The summed E-state index contributed by atoms with van der Waals surface area (Å²) in [5.41, 5.74) is 0. The first kappa shape index (κ1) is 33.2. The zero-order chi connectivity index (χ0) is 24.8. The summed E-state index contributed by atoms with van der Waals surface area (Å²) in [5.74, 6) is 0.0145. The molecule has 202 valence electrons. The Morgan fingerprint density at radius 3 is 1.26 bits per heavy atom. The van der Waals surface area contributed by atoms with Crippen LogP contribution >= 0.6 is 0 Å². The van der Waals surface area contributed by atoms with Crippen LogP contribution in [0, 0.1) is 0 Å². The monoisotopic (exact) mass is 478 g/mol. The van der Waals surface area contributed by atoms with Gasteiger partial charge in [0.15, 0.2) is 0 Å². The third-order valence-corrected chi connectivity index (χ3v) is 6.90. The molecule has 0 rings (SSSR count). The van der Waals surface area contributed by atoms with Crippen LogP contribution < -0.4 is 0 Å². The van der Waals surface area contributed by atoms with Crippen molar-refractivity contribution < 1.29 is 9.53 Å². The second-order valence-corrected chi connectivity index (χ2v) is 10.4. The molecule has 0 bridgehead atoms. The van der Waals surface area contributed by atoms with Gasteiger partial charge in [0, 0.05) is 6.42 Å². The molecule has 0 aliphatic rings. The summed E-state index contributed by atoms with van der Waals surface area (Å²) >= 11 is 0. The van der Waals surface area contributed by atoms with Crippen LogP contribution in [-0.2, 0) is 9.53 Å². The van der Waals surface area contributed by atoms with Gasteiger partial charge < -0.3 is 4.74 Å². The predicted octanol–water partition coefficient (Wildman–Crippen LogP) is 11.3. The smallest absolute Gasteiger partial charge is 0.305 e. The number of hydrogen-bond donors (Lipinski definition) is 0. The van der Waals surface area contributed by atoms with E-state index in [1.807, 2.05) is 0 Å². The number of carbonyl (C=O) groups is 1. The lowest BCUT2D eigenvalue weighted by Gasteiger charge is -2.05. The molecule has 0 fully saturated rings. The molecule has 0 radical (unpaired) electrons. The molecule has 0 aliphatic heterocycles. The van der Waals surface area contributed by atoms with Gasteiger partial charge in [-0.1, -0.05) is 148 Å². The summed E-state index contributed by atoms with van der Waals surface area (Å²) < 4.78 is 5.40. The van der Waals surface area contributed by atoms with Crippen molar-refractivity contribution in [2.45, 2.75) is 181 Å². The lowest BCUT2D eigenvalue weighted by atomic mass is 10.0. The summed E-state index contributed by atoms with van der Waals surface area (Å²) in [6, 6.07) is 0. The van der Waals surface area contributed by atoms with Gasteiger partial charge in [-0.25, -0.2) is 0 Å². The fourth-order valence-corrected chi connectivity index (χ4v) is 4.54. The average Bonchev–Trinajstić information content (AvgIpc) is 2.84. The van der Waals surface area contributed by atoms with Gasteiger partial charge >= 0.3 is 5.97 Å². The summed E-state index contributed by atoms with van der Waals surface area (Å²) in [7, 11) is 0. The van der Waals surface area contributed by atoms with E-state index in [1.165, 1.54) is 148 Å². The van der Waals surface area contributed by atoms with Gasteiger partial charge in [0.05, 0.1) is 6.61 Å². The molecular weight excluding hydrogens is 416 g/mol. The van der Waals surface area contributed by atoms with Crippen molar-refractivity contribution in [2.75, 3.05) is 6.61 Å². The van der Waals surface area contributed by atoms with Crippen molar-refractivity contribution in [1.82, 2.24) is 0 Å². The number of ether oxygens (including phenoxy) is 1. The molecule has 0 aliphatic carbocycles. The fourth-order valence-electron chi connectivity index (χ4n) is 4.54. The van der Waals surface area contributed by atoms with Gasteiger partial charge in [0.25, 0.3) is 0 Å². The summed E-state index contributed by atoms with van der Waals surface area (Å²) in [4.78, 5) is 11.8. The molecule has 0 N–H and O–H groups in total. The van der Waals surface area contributed by atoms with Crippen LogP contribution in [0.1, 0.15) is 181 Å². The molecule has 0 spiro atoms. The lowest BCUT2D eigenvalue weighted by molar-refractivity contribution is -0.143. The van der Waals surface area contributed by atoms with E-state index in [0.29, 0.717) is 13.0 Å². The van der Waals surface area contributed by atoms with E-state index in [1.54, 1.807) is 0 Å². The third-order valence-electron chi connectivity index (χ3n) is 6.90. The molecule has 0 saturated heterocycles. The molecule has 2 heteroatoms. The molecule has 0 saturated carbocycles. The Labute approximate surface area is 215 Å². The Kier molecular flexibility index (Phi) is 29.5. The summed E-state index contributed by atoms with van der Waals surface area (Å²) in [6.07, 6.45) is 38.2. The van der Waals surface area contributed by atoms with E-state index in [-0.39, 0.29) is 5.97 Å². The highest BCUT2D eigenvalue weighted by Crippen LogP contribution is 2.13. The molecule has 2 nitrogen and oxygen atoms in total. The standard InChI is InChI=1S/C32H62O2/c1-3-5-7-9-11-13-15-17-19-21-23-25-27-29-31-34-32(33)30-28-26-24-22-20-18-16-14-12-10-8-6-4-2/h17,19H,3-16,18,20-31H2,1-2H3/b19-17+. The van der Waals surface area contributed by atoms with E-state index in [2.05, 4.69) is 26.0 Å². The fraction of sp³-hybridized carbons (Fsp3) is 0.906. The minimum Gasteiger partial charge on any atom is -0.466 e. The second kappa shape index (κ2) is 30.2. The lowest BCUT2D eigenvalue weighted by Crippen LogP contribution is -2.05. The van der Waals surface area contributed by atoms with E-state index in [0.717, 1.165) is 12.8 Å². The highest BCUT2D eigenvalue weighted by atomic mass is 16.5. The number of hydrogen-bond acceptors (Lipinski definition) is 2. The van der Waals surface area contributed by atoms with Crippen LogP contribution in [-0.4, -0.2) is 12.6 Å². The zero-order valence-electron chi connectivity index (χ0n) is 23.6. The highest BCUT2D eigenvalue weighted by Gasteiger charge is 2.02. The van der Waals surface area contributed by atoms with E-state index in [9.17, 15) is 4.79 Å². The van der Waals surface area contributed by atoms with E-state index >= 15 is 0 Å². The molecule has 0 heterocycles. The quantitative estimate of drug-likeness (QED) is 0.0634. The number of carbonyl (C=O) groups excluding carboxylic acids is 1. The first-order valence-electron chi connectivity index (χ1n) is 15.6. The van der Waals surface area contributed by atoms with Crippen molar-refractivity contribution in [3.05, 3.63) is 12.2 Å². The van der Waals surface area contributed by atoms with Gasteiger partial charge in [0.2, 0.25) is 0 Å². The van der Waals surface area contributed by atoms with Crippen molar-refractivity contribution in [3.8, 4) is 0 Å². The second-order valence-electron chi connectivity index (χ2n) is 10.4. The predicted molar refractivity (Wildman–Crippen MR) is 151 cm³/mol. The van der Waals surface area contributed by atoms with Crippen molar-refractivity contribution >= 4 is 5.97 Å². The third kappa shape index (κ3) is 29.2. The maximum atomic E-state index is 11.8. The largest absolute Gasteiger partial charge is 0.466 e. The Morgan fingerprint density at radius 1 is 0.471 bits per heavy atom. The van der Waals surface area contributed by atoms with Crippen LogP contribution in [0.15, 0.2) is 12.2 Å². The Bertz CT molecular complexity index is 415. The minimum atomic E-state index is 0.0145. The molecule has 0 unspecified atom stereocenters. The van der Waals surface area contributed by atoms with Gasteiger partial charge in [-0.15, -0.1) is 0 Å². The number of rotatable bonds is 28. The normalized spacial score (nSPS) is 11.5. The van der Waals surface area contributed by atoms with Crippen LogP contribution in [0.3, 0.4) is 0 Å². The first-order chi connectivity index (χ1) is 16.8. The highest BCUT2D eigenvalue weighted by molar-refractivity contribution is 5.69. The van der Waals surface area contributed by atoms with E-state index in [4.69, 9.17) is 4.74 Å². The zero-order valence-corrected chi connectivity index (χ0v) is 23.6. The first-order valence-corrected chi connectivity index (χ1v) is 15.6. The minimum absolute atomic E-state index is 0.0145. The van der Waals surface area contributed by atoms with Crippen LogP contribution in [0.4, 0.5) is 0 Å². The summed E-state index contributed by atoms with van der Waals surface area (Å²) in [6.45, 7) is 5.17. The topological polar surface area (TPSA) is 26.3 Å². The van der Waals surface area contributed by atoms with Crippen molar-refractivity contribution in [1.29, 1.82) is 0 Å². The molecule has 0 atom stereocenters. The average molecular weight is 479 g/mol. The Morgan fingerprint density at radius 2 is 0.824 bits per heavy atom. The van der Waals surface area contributed by atoms with E-state index < -0.39 is 0 Å². The Balaban J connectivity index is 3.19. The van der Waals surface area contributed by atoms with Crippen LogP contribution in [0.2, 0.25) is 0 Å². The van der Waals surface area contributed by atoms with Crippen molar-refractivity contribution in [2.24, 2.45) is 0 Å². The van der Waals surface area contributed by atoms with Gasteiger partial charge in [-0.3, -0.25) is 4.79 Å². The molecule has 0 aromatic heterocycles. The maximum absolute atomic E-state index is 11.8. The number of unbranched alkanes of at least 4 members (excludes halogenated alkanes) is 22. The van der Waals surface area contributed by atoms with Crippen LogP contribution in [0.25, 0.3) is 0 Å². The Hall–Kier alpha value is -0.790. The maximum Gasteiger partial charge on any atom is 0.305 e. The number of esters is 1. The van der Waals surface area contributed by atoms with Gasteiger partial charge in [0.1, 0.15) is 0 Å². The number of allylic oxidation sites excluding steroid dienone is 2. The van der Waals surface area contributed by atoms with Gasteiger partial charge in [-0.2, -0.15) is 0 Å². The van der Waals surface area contributed by atoms with Crippen LogP contribution in [0.5, 0.6) is 0 Å². The molecular formula is C32H62O2. The summed E-state index contributed by atoms with van der Waals surface area (Å²) in [5, 5.41) is 0. The molecule has 0 amide bonds. The molecule has 0 aromatic carbocycles. The van der Waals surface area contributed by atoms with Crippen molar-refractivity contribution in [3.63, 3.8) is 0 Å².